The van der Waals surface area contributed by atoms with Crippen molar-refractivity contribution in [2.24, 2.45) is 0 Å². The number of nitrogens with one attached hydrogen (secondary N) is 1. The number of rotatable bonds is 3. The number of nitrogens with two attached hydrogens (primary N) is 1. The highest BCUT2D eigenvalue weighted by atomic mass is 15.2. The third-order valence-corrected chi connectivity index (χ3v) is 4.71. The molecule has 1 saturated heterocycles. The maximum atomic E-state index is 6.08. The molecule has 2 aromatic rings. The summed E-state index contributed by atoms with van der Waals surface area (Å²) in [5.74, 6) is 0. The van der Waals surface area contributed by atoms with E-state index in [0.717, 1.165) is 22.8 Å². The van der Waals surface area contributed by atoms with Gasteiger partial charge in [0.2, 0.25) is 0 Å². The number of fused-ring (bicyclic) bond motifs is 1. The van der Waals surface area contributed by atoms with E-state index < -0.39 is 0 Å². The van der Waals surface area contributed by atoms with E-state index in [-0.39, 0.29) is 0 Å². The SMILES string of the molecule is Cc1cc2c(NC3CCN(C4CC4)C3)ccc(N)c2cn1. The predicted octanol–water partition coefficient (Wildman–Crippen LogP) is 2.77. The number of hydrogen-bond donors (Lipinski definition) is 2. The Bertz CT molecular complexity index is 678. The van der Waals surface area contributed by atoms with Crippen molar-refractivity contribution in [3.63, 3.8) is 0 Å². The molecule has 4 rings (SSSR count). The average molecular weight is 282 g/mol. The van der Waals surface area contributed by atoms with Crippen LogP contribution in [0.2, 0.25) is 0 Å². The molecule has 1 saturated carbocycles. The zero-order valence-electron chi connectivity index (χ0n) is 12.5. The molecule has 1 aliphatic carbocycles. The van der Waals surface area contributed by atoms with Gasteiger partial charge in [0, 0.05) is 59.2 Å². The topological polar surface area (TPSA) is 54.2 Å². The Hall–Kier alpha value is -1.81. The smallest absolute Gasteiger partial charge is 0.0425 e. The third-order valence-electron chi connectivity index (χ3n) is 4.71. The number of nitrogen functional groups attached to an aromatic ring is 1. The van der Waals surface area contributed by atoms with Crippen molar-refractivity contribution in [2.45, 2.75) is 38.3 Å². The number of benzene rings is 1. The van der Waals surface area contributed by atoms with Crippen molar-refractivity contribution in [3.8, 4) is 0 Å². The lowest BCUT2D eigenvalue weighted by molar-refractivity contribution is 0.326. The number of aromatic nitrogens is 1. The second-order valence-corrected chi connectivity index (χ2v) is 6.43. The fraction of sp³-hybridized carbons (Fsp3) is 0.471. The molecule has 0 radical (unpaired) electrons. The lowest BCUT2D eigenvalue weighted by atomic mass is 10.1. The highest BCUT2D eigenvalue weighted by Crippen LogP contribution is 2.33. The molecule has 21 heavy (non-hydrogen) atoms. The van der Waals surface area contributed by atoms with E-state index >= 15 is 0 Å². The molecule has 2 fully saturated rings. The van der Waals surface area contributed by atoms with Gasteiger partial charge in [0.15, 0.2) is 0 Å². The normalized spacial score (nSPS) is 22.8. The molecular weight excluding hydrogens is 260 g/mol. The van der Waals surface area contributed by atoms with Crippen LogP contribution in [0.25, 0.3) is 10.8 Å². The molecule has 0 bridgehead atoms. The lowest BCUT2D eigenvalue weighted by Crippen LogP contribution is -2.27. The van der Waals surface area contributed by atoms with Gasteiger partial charge in [-0.15, -0.1) is 0 Å². The van der Waals surface area contributed by atoms with Crippen LogP contribution in [0.5, 0.6) is 0 Å². The zero-order chi connectivity index (χ0) is 14.4. The minimum absolute atomic E-state index is 0.547. The van der Waals surface area contributed by atoms with E-state index in [4.69, 9.17) is 5.73 Å². The van der Waals surface area contributed by atoms with Gasteiger partial charge in [0.05, 0.1) is 0 Å². The molecule has 2 aliphatic rings. The summed E-state index contributed by atoms with van der Waals surface area (Å²) in [7, 11) is 0. The fourth-order valence-electron chi connectivity index (χ4n) is 3.39. The maximum absolute atomic E-state index is 6.08. The van der Waals surface area contributed by atoms with Crippen LogP contribution >= 0.6 is 0 Å². The first kappa shape index (κ1) is 12.9. The van der Waals surface area contributed by atoms with E-state index in [1.807, 2.05) is 19.2 Å². The van der Waals surface area contributed by atoms with E-state index in [1.54, 1.807) is 0 Å². The summed E-state index contributed by atoms with van der Waals surface area (Å²) >= 11 is 0. The number of pyridine rings is 1. The van der Waals surface area contributed by atoms with Crippen molar-refractivity contribution in [3.05, 3.63) is 30.1 Å². The van der Waals surface area contributed by atoms with E-state index in [1.165, 1.54) is 43.4 Å². The number of hydrogen-bond acceptors (Lipinski definition) is 4. The Morgan fingerprint density at radius 2 is 2.10 bits per heavy atom. The molecular formula is C17H22N4. The highest BCUT2D eigenvalue weighted by molar-refractivity contribution is 6.00. The molecule has 0 spiro atoms. The number of likely N-dealkylation sites (tertiary alicyclic amines) is 1. The molecule has 1 unspecified atom stereocenters. The number of nitrogens with zero attached hydrogens (tertiary/aromatic N) is 2. The Morgan fingerprint density at radius 3 is 2.90 bits per heavy atom. The minimum Gasteiger partial charge on any atom is -0.398 e. The molecule has 110 valence electrons. The Morgan fingerprint density at radius 1 is 1.24 bits per heavy atom. The summed E-state index contributed by atoms with van der Waals surface area (Å²) in [5, 5.41) is 5.96. The first-order valence-electron chi connectivity index (χ1n) is 7.86. The largest absolute Gasteiger partial charge is 0.398 e. The van der Waals surface area contributed by atoms with Crippen LogP contribution in [0, 0.1) is 6.92 Å². The van der Waals surface area contributed by atoms with Crippen molar-refractivity contribution >= 4 is 22.1 Å². The molecule has 1 aliphatic heterocycles. The average Bonchev–Trinajstić information content (AvgIpc) is 3.22. The molecule has 1 aromatic heterocycles. The third kappa shape index (κ3) is 2.44. The molecule has 1 atom stereocenters. The van der Waals surface area contributed by atoms with E-state index in [9.17, 15) is 0 Å². The summed E-state index contributed by atoms with van der Waals surface area (Å²) in [6.45, 7) is 4.42. The van der Waals surface area contributed by atoms with Gasteiger partial charge in [-0.3, -0.25) is 9.88 Å². The maximum Gasteiger partial charge on any atom is 0.0425 e. The van der Waals surface area contributed by atoms with E-state index in [0.29, 0.717) is 6.04 Å². The van der Waals surface area contributed by atoms with Crippen molar-refractivity contribution in [1.82, 2.24) is 9.88 Å². The summed E-state index contributed by atoms with van der Waals surface area (Å²) < 4.78 is 0. The number of anilines is 2. The summed E-state index contributed by atoms with van der Waals surface area (Å²) in [5.41, 5.74) is 9.09. The standard InChI is InChI=1S/C17H22N4/c1-11-8-14-15(9-19-11)16(18)4-5-17(14)20-12-6-7-21(10-12)13-2-3-13/h4-5,8-9,12-13,20H,2-3,6-7,10,18H2,1H3. The van der Waals surface area contributed by atoms with Gasteiger partial charge in [0.25, 0.3) is 0 Å². The fourth-order valence-corrected chi connectivity index (χ4v) is 3.39. The number of aryl methyl sites for hydroxylation is 1. The van der Waals surface area contributed by atoms with Gasteiger partial charge in [-0.1, -0.05) is 0 Å². The van der Waals surface area contributed by atoms with Crippen molar-refractivity contribution < 1.29 is 0 Å². The summed E-state index contributed by atoms with van der Waals surface area (Å²) in [6.07, 6.45) is 5.90. The molecule has 2 heterocycles. The molecule has 3 N–H and O–H groups in total. The quantitative estimate of drug-likeness (QED) is 0.850. The van der Waals surface area contributed by atoms with Gasteiger partial charge in [-0.25, -0.2) is 0 Å². The monoisotopic (exact) mass is 282 g/mol. The molecule has 0 amide bonds. The van der Waals surface area contributed by atoms with Crippen LogP contribution in [0.1, 0.15) is 25.0 Å². The second-order valence-electron chi connectivity index (χ2n) is 6.43. The lowest BCUT2D eigenvalue weighted by Gasteiger charge is -2.18. The van der Waals surface area contributed by atoms with Gasteiger partial charge in [-0.05, 0) is 44.4 Å². The zero-order valence-corrected chi connectivity index (χ0v) is 12.5. The van der Waals surface area contributed by atoms with Crippen LogP contribution in [0.15, 0.2) is 24.4 Å². The van der Waals surface area contributed by atoms with Crippen LogP contribution in [-0.2, 0) is 0 Å². The van der Waals surface area contributed by atoms with Crippen LogP contribution in [0.4, 0.5) is 11.4 Å². The Balaban J connectivity index is 1.61. The second kappa shape index (κ2) is 4.88. The Kier molecular flexibility index (Phi) is 3.00. The van der Waals surface area contributed by atoms with E-state index in [2.05, 4.69) is 27.3 Å². The van der Waals surface area contributed by atoms with Crippen molar-refractivity contribution in [2.75, 3.05) is 24.1 Å². The van der Waals surface area contributed by atoms with Gasteiger partial charge in [-0.2, -0.15) is 0 Å². The first-order chi connectivity index (χ1) is 10.2. The van der Waals surface area contributed by atoms with Crippen LogP contribution < -0.4 is 11.1 Å². The van der Waals surface area contributed by atoms with Gasteiger partial charge >= 0.3 is 0 Å². The minimum atomic E-state index is 0.547. The highest BCUT2D eigenvalue weighted by Gasteiger charge is 2.34. The van der Waals surface area contributed by atoms with Crippen molar-refractivity contribution in [1.29, 1.82) is 0 Å². The van der Waals surface area contributed by atoms with Crippen LogP contribution in [-0.4, -0.2) is 35.1 Å². The molecule has 1 aromatic carbocycles. The van der Waals surface area contributed by atoms with Gasteiger partial charge in [0.1, 0.15) is 0 Å². The van der Waals surface area contributed by atoms with Gasteiger partial charge < -0.3 is 11.1 Å². The molecule has 4 heteroatoms. The predicted molar refractivity (Wildman–Crippen MR) is 87.5 cm³/mol. The first-order valence-corrected chi connectivity index (χ1v) is 7.86. The summed E-state index contributed by atoms with van der Waals surface area (Å²) in [6, 6.07) is 7.63. The molecule has 4 nitrogen and oxygen atoms in total. The Labute approximate surface area is 125 Å². The summed E-state index contributed by atoms with van der Waals surface area (Å²) in [4.78, 5) is 7.00. The van der Waals surface area contributed by atoms with Crippen LogP contribution in [0.3, 0.4) is 0 Å².